The number of fused-ring (bicyclic) bond motifs is 2. The van der Waals surface area contributed by atoms with E-state index in [-0.39, 0.29) is 57.2 Å². The molecule has 64 heavy (non-hydrogen) atoms. The molecule has 3 aliphatic rings. The van der Waals surface area contributed by atoms with Gasteiger partial charge < -0.3 is 34.0 Å². The minimum Gasteiger partial charge on any atom is -0.459 e. The van der Waals surface area contributed by atoms with Crippen molar-refractivity contribution in [3.05, 3.63) is 151 Å². The van der Waals surface area contributed by atoms with E-state index < -0.39 is 23.8 Å². The number of unbranched alkanes of at least 4 members (excludes halogenated alkanes) is 2. The Hall–Kier alpha value is -5.68. The molecule has 2 aliphatic carbocycles. The highest BCUT2D eigenvalue weighted by atomic mass is 16.7. The molecule has 7 rings (SSSR count). The summed E-state index contributed by atoms with van der Waals surface area (Å²) < 4.78 is 27.0. The van der Waals surface area contributed by atoms with Gasteiger partial charge in [0.05, 0.1) is 24.8 Å². The van der Waals surface area contributed by atoms with Crippen molar-refractivity contribution in [2.24, 2.45) is 22.9 Å². The molecule has 4 aromatic carbocycles. The van der Waals surface area contributed by atoms with E-state index in [9.17, 15) is 15.0 Å². The number of nitrogens with zero attached hydrogens (tertiary/aromatic N) is 2. The number of oxime groups is 1. The number of benzene rings is 4. The van der Waals surface area contributed by atoms with E-state index >= 15 is 0 Å². The highest BCUT2D eigenvalue weighted by molar-refractivity contribution is 6.03. The molecule has 0 saturated heterocycles. The van der Waals surface area contributed by atoms with Crippen LogP contribution in [0.15, 0.2) is 145 Å². The van der Waals surface area contributed by atoms with E-state index in [0.29, 0.717) is 49.5 Å². The summed E-state index contributed by atoms with van der Waals surface area (Å²) >= 11 is 0. The first kappa shape index (κ1) is 46.3. The maximum atomic E-state index is 14.3. The van der Waals surface area contributed by atoms with Crippen LogP contribution in [0, 0.1) is 17.8 Å². The first-order valence-corrected chi connectivity index (χ1v) is 23.1. The van der Waals surface area contributed by atoms with Gasteiger partial charge in [-0.25, -0.2) is 4.79 Å². The fourth-order valence-electron chi connectivity index (χ4n) is 9.88. The maximum absolute atomic E-state index is 14.3. The predicted octanol–water partition coefficient (Wildman–Crippen LogP) is 11.4. The highest BCUT2D eigenvalue weighted by Gasteiger charge is 2.65. The number of aliphatic hydroxyl groups excluding tert-OH is 2. The molecule has 0 bridgehead atoms. The lowest BCUT2D eigenvalue weighted by Gasteiger charge is -2.59. The lowest BCUT2D eigenvalue weighted by molar-refractivity contribution is -0.255. The normalized spacial score (nSPS) is 22.6. The van der Waals surface area contributed by atoms with Gasteiger partial charge in [-0.15, -0.1) is 13.2 Å². The van der Waals surface area contributed by atoms with Gasteiger partial charge in [0.1, 0.15) is 29.9 Å². The van der Waals surface area contributed by atoms with Crippen LogP contribution in [0.4, 0.5) is 4.79 Å². The monoisotopic (exact) mass is 868 g/mol. The molecule has 6 unspecified atom stereocenters. The molecule has 1 saturated carbocycles. The van der Waals surface area contributed by atoms with Gasteiger partial charge >= 0.3 is 6.09 Å². The van der Waals surface area contributed by atoms with Crippen molar-refractivity contribution in [3.63, 3.8) is 0 Å². The van der Waals surface area contributed by atoms with Gasteiger partial charge in [0.25, 0.3) is 0 Å². The standard InChI is InChI=1S/C54H64N2O8/c1-4-7-34-60-53(59)56(30-5-2)50-37-48(55-62-38-39-18-10-8-11-19-39)46-35-42(22-14-16-31-57)45(23-15-17-32-58)51-47-36-44(28-29-49(47)64-54(50,52(46)51)61-33-6-3)63-43-26-24-41(25-27-43)40-20-12-9-13-21-40/h4,6,8-13,18-21,24-29,35-36,42,45,50-52,57-58H,1,3,5,7,14-17,22-23,30-34,37-38H2,2H3. The molecule has 338 valence electrons. The van der Waals surface area contributed by atoms with E-state index in [1.807, 2.05) is 79.7 Å². The van der Waals surface area contributed by atoms with Crippen molar-refractivity contribution in [2.45, 2.75) is 89.1 Å². The molecular weight excluding hydrogens is 805 g/mol. The number of rotatable bonds is 23. The zero-order valence-corrected chi connectivity index (χ0v) is 37.2. The molecule has 1 heterocycles. The summed E-state index contributed by atoms with van der Waals surface area (Å²) in [6.45, 7) is 11.1. The summed E-state index contributed by atoms with van der Waals surface area (Å²) in [6, 6.07) is 33.6. The predicted molar refractivity (Wildman–Crippen MR) is 251 cm³/mol. The van der Waals surface area contributed by atoms with Crippen LogP contribution >= 0.6 is 0 Å². The first-order valence-electron chi connectivity index (χ1n) is 23.1. The third-order valence-electron chi connectivity index (χ3n) is 12.7. The maximum Gasteiger partial charge on any atom is 0.410 e. The Morgan fingerprint density at radius 3 is 2.28 bits per heavy atom. The lowest BCUT2D eigenvalue weighted by atomic mass is 9.55. The van der Waals surface area contributed by atoms with E-state index in [0.717, 1.165) is 59.2 Å². The average molecular weight is 869 g/mol. The molecule has 0 spiro atoms. The number of amides is 1. The SMILES string of the molecule is C=CCCOC(=O)N(CCC)C1CC(=NOCc2ccccc2)C2=CC(CCCCO)C(CCCCO)C3c4cc(Oc5ccc(-c6ccccc6)cc5)ccc4OC1(OCC=C)C23. The van der Waals surface area contributed by atoms with Gasteiger partial charge in [0.2, 0.25) is 5.79 Å². The number of hydrogen-bond acceptors (Lipinski definition) is 9. The van der Waals surface area contributed by atoms with E-state index in [1.165, 1.54) is 0 Å². The Bertz CT molecular complexity index is 2190. The topological polar surface area (TPSA) is 119 Å². The average Bonchev–Trinajstić information content (AvgIpc) is 3.32. The molecule has 2 N–H and O–H groups in total. The van der Waals surface area contributed by atoms with Crippen molar-refractivity contribution in [2.75, 3.05) is 33.0 Å². The number of ether oxygens (including phenoxy) is 4. The first-order chi connectivity index (χ1) is 31.4. The number of hydrogen-bond donors (Lipinski definition) is 2. The molecule has 10 nitrogen and oxygen atoms in total. The van der Waals surface area contributed by atoms with Gasteiger partial charge in [0, 0.05) is 37.7 Å². The Kier molecular flexibility index (Phi) is 16.5. The van der Waals surface area contributed by atoms with Crippen LogP contribution in [-0.4, -0.2) is 71.7 Å². The molecule has 0 aromatic heterocycles. The Morgan fingerprint density at radius 2 is 1.58 bits per heavy atom. The van der Waals surface area contributed by atoms with Crippen molar-refractivity contribution in [1.29, 1.82) is 0 Å². The molecular formula is C54H64N2O8. The molecule has 1 amide bonds. The van der Waals surface area contributed by atoms with Crippen LogP contribution in [0.3, 0.4) is 0 Å². The second-order valence-corrected chi connectivity index (χ2v) is 16.9. The Balaban J connectivity index is 1.39. The Morgan fingerprint density at radius 1 is 0.875 bits per heavy atom. The van der Waals surface area contributed by atoms with Gasteiger partial charge in [-0.1, -0.05) is 116 Å². The molecule has 1 aliphatic heterocycles. The van der Waals surface area contributed by atoms with Crippen LogP contribution < -0.4 is 9.47 Å². The zero-order valence-electron chi connectivity index (χ0n) is 37.2. The van der Waals surface area contributed by atoms with Gasteiger partial charge in [-0.3, -0.25) is 4.90 Å². The summed E-state index contributed by atoms with van der Waals surface area (Å²) in [4.78, 5) is 22.3. The third kappa shape index (κ3) is 10.6. The van der Waals surface area contributed by atoms with Crippen LogP contribution in [0.25, 0.3) is 11.1 Å². The summed E-state index contributed by atoms with van der Waals surface area (Å²) in [5.41, 5.74) is 5.89. The second-order valence-electron chi connectivity index (χ2n) is 16.9. The lowest BCUT2D eigenvalue weighted by Crippen LogP contribution is -2.70. The fourth-order valence-corrected chi connectivity index (χ4v) is 9.88. The molecule has 6 atom stereocenters. The van der Waals surface area contributed by atoms with Crippen molar-refractivity contribution in [1.82, 2.24) is 4.90 Å². The summed E-state index contributed by atoms with van der Waals surface area (Å²) in [5.74, 6) is 0.153. The van der Waals surface area contributed by atoms with Gasteiger partial charge in [0.15, 0.2) is 0 Å². The summed E-state index contributed by atoms with van der Waals surface area (Å²) in [6.07, 6.45) is 11.5. The molecule has 4 aromatic rings. The Labute approximate surface area is 378 Å². The zero-order chi connectivity index (χ0) is 44.7. The van der Waals surface area contributed by atoms with Crippen molar-refractivity contribution in [3.8, 4) is 28.4 Å². The summed E-state index contributed by atoms with van der Waals surface area (Å²) in [5, 5.41) is 24.9. The third-order valence-corrected chi connectivity index (χ3v) is 12.7. The van der Waals surface area contributed by atoms with Gasteiger partial charge in [-0.05, 0) is 103 Å². The molecule has 10 heteroatoms. The van der Waals surface area contributed by atoms with Crippen molar-refractivity contribution < 1.29 is 38.8 Å². The van der Waals surface area contributed by atoms with Crippen LogP contribution in [-0.2, 0) is 20.9 Å². The number of carbonyl (C=O) groups is 1. The van der Waals surface area contributed by atoms with E-state index in [1.54, 1.807) is 17.1 Å². The van der Waals surface area contributed by atoms with Crippen molar-refractivity contribution >= 4 is 11.8 Å². The summed E-state index contributed by atoms with van der Waals surface area (Å²) in [7, 11) is 0. The van der Waals surface area contributed by atoms with Crippen LogP contribution in [0.2, 0.25) is 0 Å². The van der Waals surface area contributed by atoms with Gasteiger partial charge in [-0.2, -0.15) is 0 Å². The molecule has 1 fully saturated rings. The number of aliphatic hydroxyl groups is 2. The molecule has 0 radical (unpaired) electrons. The number of carbonyl (C=O) groups excluding carboxylic acids is 1. The van der Waals surface area contributed by atoms with E-state index in [2.05, 4.69) is 49.6 Å². The van der Waals surface area contributed by atoms with Crippen LogP contribution in [0.5, 0.6) is 17.2 Å². The van der Waals surface area contributed by atoms with E-state index in [4.69, 9.17) is 28.9 Å². The highest BCUT2D eigenvalue weighted by Crippen LogP contribution is 2.62. The smallest absolute Gasteiger partial charge is 0.410 e. The number of allylic oxidation sites excluding steroid dienone is 1. The van der Waals surface area contributed by atoms with Crippen LogP contribution in [0.1, 0.15) is 81.8 Å². The fraction of sp³-hybridized carbons (Fsp3) is 0.407. The second kappa shape index (κ2) is 22.8. The largest absolute Gasteiger partial charge is 0.459 e. The quantitative estimate of drug-likeness (QED) is 0.0430. The minimum atomic E-state index is -1.39. The minimum absolute atomic E-state index is 0.0677.